The van der Waals surface area contributed by atoms with E-state index in [1.165, 1.54) is 18.9 Å². The van der Waals surface area contributed by atoms with Gasteiger partial charge in [-0.2, -0.15) is 0 Å². The van der Waals surface area contributed by atoms with Gasteiger partial charge >= 0.3 is 0 Å². The topological polar surface area (TPSA) is 63.4 Å². The number of ether oxygens (including phenoxy) is 1. The van der Waals surface area contributed by atoms with Crippen LogP contribution in [-0.4, -0.2) is 50.6 Å². The van der Waals surface area contributed by atoms with Crippen LogP contribution in [0.2, 0.25) is 0 Å². The van der Waals surface area contributed by atoms with Crippen LogP contribution in [0.25, 0.3) is 0 Å². The van der Waals surface area contributed by atoms with Crippen LogP contribution in [0.15, 0.2) is 24.3 Å². The Hall–Kier alpha value is -1.83. The minimum atomic E-state index is -0.607. The first kappa shape index (κ1) is 16.6. The lowest BCUT2D eigenvalue weighted by atomic mass is 10.2. The van der Waals surface area contributed by atoms with E-state index in [1.807, 2.05) is 0 Å². The number of hydrogen-bond donors (Lipinski definition) is 1. The first-order chi connectivity index (χ1) is 12.2. The second-order valence-electron chi connectivity index (χ2n) is 6.90. The number of rotatable bonds is 7. The molecule has 7 heteroatoms. The molecule has 2 heterocycles. The second-order valence-corrected chi connectivity index (χ2v) is 6.90. The van der Waals surface area contributed by atoms with Gasteiger partial charge in [0.2, 0.25) is 0 Å². The van der Waals surface area contributed by atoms with E-state index >= 15 is 0 Å². The highest BCUT2D eigenvalue weighted by Crippen LogP contribution is 2.39. The molecule has 0 unspecified atom stereocenters. The first-order valence-corrected chi connectivity index (χ1v) is 8.84. The van der Waals surface area contributed by atoms with Crippen LogP contribution in [0.4, 0.5) is 4.39 Å². The van der Waals surface area contributed by atoms with Crippen molar-refractivity contribution in [1.82, 2.24) is 19.7 Å². The highest BCUT2D eigenvalue weighted by Gasteiger charge is 2.32. The average Bonchev–Trinajstić information content (AvgIpc) is 3.36. The number of aliphatic hydroxyl groups is 1. The van der Waals surface area contributed by atoms with Gasteiger partial charge in [-0.05, 0) is 18.9 Å². The Morgan fingerprint density at radius 1 is 1.24 bits per heavy atom. The summed E-state index contributed by atoms with van der Waals surface area (Å²) in [7, 11) is 0. The predicted octanol–water partition coefficient (Wildman–Crippen LogP) is 1.69. The third-order valence-electron chi connectivity index (χ3n) is 4.80. The van der Waals surface area contributed by atoms with Gasteiger partial charge in [-0.15, -0.1) is 10.2 Å². The van der Waals surface area contributed by atoms with E-state index in [0.717, 1.165) is 24.7 Å². The molecule has 25 heavy (non-hydrogen) atoms. The van der Waals surface area contributed by atoms with Crippen LogP contribution >= 0.6 is 0 Å². The lowest BCUT2D eigenvalue weighted by molar-refractivity contribution is 0.00464. The Morgan fingerprint density at radius 3 is 2.88 bits per heavy atom. The van der Waals surface area contributed by atoms with Crippen molar-refractivity contribution >= 4 is 0 Å². The molecule has 1 aromatic carbocycles. The van der Waals surface area contributed by atoms with Crippen molar-refractivity contribution in [2.75, 3.05) is 19.7 Å². The molecule has 1 atom stereocenters. The molecule has 0 amide bonds. The van der Waals surface area contributed by atoms with Crippen LogP contribution in [-0.2, 0) is 24.4 Å². The molecular formula is C18H23FN4O2. The molecule has 1 aromatic heterocycles. The highest BCUT2D eigenvalue weighted by atomic mass is 19.1. The van der Waals surface area contributed by atoms with Gasteiger partial charge in [-0.25, -0.2) is 4.39 Å². The molecule has 1 aliphatic heterocycles. The largest absolute Gasteiger partial charge is 0.389 e. The Labute approximate surface area is 146 Å². The summed E-state index contributed by atoms with van der Waals surface area (Å²) in [5.41, 5.74) is 0.508. The molecule has 1 N–H and O–H groups in total. The van der Waals surface area contributed by atoms with Crippen LogP contribution in [0.1, 0.15) is 36.0 Å². The fraction of sp³-hybridized carbons (Fsp3) is 0.556. The van der Waals surface area contributed by atoms with E-state index in [4.69, 9.17) is 4.74 Å². The SMILES string of the molecule is O[C@H](COCc1ccccc1F)CN1CCn2c(nnc2C2CC2)C1. The van der Waals surface area contributed by atoms with E-state index in [0.29, 0.717) is 24.6 Å². The minimum Gasteiger partial charge on any atom is -0.389 e. The van der Waals surface area contributed by atoms with Gasteiger partial charge in [0.25, 0.3) is 0 Å². The van der Waals surface area contributed by atoms with E-state index in [2.05, 4.69) is 19.7 Å². The van der Waals surface area contributed by atoms with Gasteiger partial charge in [0.1, 0.15) is 17.5 Å². The zero-order chi connectivity index (χ0) is 17.2. The zero-order valence-electron chi connectivity index (χ0n) is 14.1. The lowest BCUT2D eigenvalue weighted by Crippen LogP contribution is -2.40. The molecule has 0 spiro atoms. The number of aliphatic hydroxyl groups excluding tert-OH is 1. The maximum Gasteiger partial charge on any atom is 0.147 e. The highest BCUT2D eigenvalue weighted by molar-refractivity contribution is 5.16. The molecule has 1 fully saturated rings. The third-order valence-corrected chi connectivity index (χ3v) is 4.80. The van der Waals surface area contributed by atoms with Crippen LogP contribution in [0, 0.1) is 5.82 Å². The summed E-state index contributed by atoms with van der Waals surface area (Å²) in [5, 5.41) is 18.8. The number of hydrogen-bond acceptors (Lipinski definition) is 5. The molecule has 6 nitrogen and oxygen atoms in total. The van der Waals surface area contributed by atoms with Gasteiger partial charge in [-0.3, -0.25) is 4.90 Å². The normalized spacial score (nSPS) is 19.0. The molecule has 0 saturated heterocycles. The van der Waals surface area contributed by atoms with Crippen LogP contribution < -0.4 is 0 Å². The first-order valence-electron chi connectivity index (χ1n) is 8.84. The van der Waals surface area contributed by atoms with Crippen molar-refractivity contribution in [3.63, 3.8) is 0 Å². The second kappa shape index (κ2) is 7.19. The number of halogens is 1. The van der Waals surface area contributed by atoms with Crippen LogP contribution in [0.5, 0.6) is 0 Å². The average molecular weight is 346 g/mol. The predicted molar refractivity (Wildman–Crippen MR) is 89.3 cm³/mol. The number of benzene rings is 1. The van der Waals surface area contributed by atoms with E-state index in [9.17, 15) is 9.50 Å². The zero-order valence-corrected chi connectivity index (χ0v) is 14.1. The van der Waals surface area contributed by atoms with E-state index < -0.39 is 6.10 Å². The summed E-state index contributed by atoms with van der Waals surface area (Å²) in [6.45, 7) is 3.31. The minimum absolute atomic E-state index is 0.169. The number of aromatic nitrogens is 3. The van der Waals surface area contributed by atoms with Gasteiger partial charge in [0.15, 0.2) is 0 Å². The maximum absolute atomic E-state index is 13.5. The van der Waals surface area contributed by atoms with Crippen molar-refractivity contribution in [1.29, 1.82) is 0 Å². The van der Waals surface area contributed by atoms with Crippen molar-refractivity contribution in [2.24, 2.45) is 0 Å². The molecule has 4 rings (SSSR count). The lowest BCUT2D eigenvalue weighted by Gasteiger charge is -2.29. The molecule has 2 aromatic rings. The van der Waals surface area contributed by atoms with E-state index in [-0.39, 0.29) is 19.0 Å². The Morgan fingerprint density at radius 2 is 2.08 bits per heavy atom. The van der Waals surface area contributed by atoms with Crippen molar-refractivity contribution in [3.8, 4) is 0 Å². The fourth-order valence-electron chi connectivity index (χ4n) is 3.30. The summed E-state index contributed by atoms with van der Waals surface area (Å²) in [6.07, 6.45) is 1.84. The van der Waals surface area contributed by atoms with E-state index in [1.54, 1.807) is 18.2 Å². The Kier molecular flexibility index (Phi) is 4.78. The molecule has 134 valence electrons. The molecule has 2 aliphatic rings. The molecule has 1 saturated carbocycles. The van der Waals surface area contributed by atoms with Gasteiger partial charge in [0.05, 0.1) is 25.9 Å². The number of β-amino-alcohol motifs (C(OH)–C–C–N with tert-alkyl or cyclic N) is 1. The number of fused-ring (bicyclic) bond motifs is 1. The molecular weight excluding hydrogens is 323 g/mol. The summed E-state index contributed by atoms with van der Waals surface area (Å²) < 4.78 is 21.2. The third kappa shape index (κ3) is 3.89. The quantitative estimate of drug-likeness (QED) is 0.827. The Bertz CT molecular complexity index is 732. The molecule has 0 bridgehead atoms. The molecule has 0 radical (unpaired) electrons. The summed E-state index contributed by atoms with van der Waals surface area (Å²) >= 11 is 0. The van der Waals surface area contributed by atoms with Crippen molar-refractivity contribution in [3.05, 3.63) is 47.3 Å². The maximum atomic E-state index is 13.5. The summed E-state index contributed by atoms with van der Waals surface area (Å²) in [4.78, 5) is 2.16. The van der Waals surface area contributed by atoms with Crippen LogP contribution in [0.3, 0.4) is 0 Å². The molecule has 1 aliphatic carbocycles. The van der Waals surface area contributed by atoms with Crippen molar-refractivity contribution in [2.45, 2.75) is 44.6 Å². The fourth-order valence-corrected chi connectivity index (χ4v) is 3.30. The standard InChI is InChI=1S/C18H23FN4O2/c19-16-4-2-1-3-14(16)11-25-12-15(24)9-22-7-8-23-17(10-22)20-21-18(23)13-5-6-13/h1-4,13,15,24H,5-12H2/t15-/m0/s1. The monoisotopic (exact) mass is 346 g/mol. The summed E-state index contributed by atoms with van der Waals surface area (Å²) in [5.74, 6) is 2.43. The van der Waals surface area contributed by atoms with Gasteiger partial charge in [0, 0.05) is 31.1 Å². The van der Waals surface area contributed by atoms with Gasteiger partial charge < -0.3 is 14.4 Å². The Balaban J connectivity index is 1.24. The summed E-state index contributed by atoms with van der Waals surface area (Å²) in [6, 6.07) is 6.53. The van der Waals surface area contributed by atoms with Crippen molar-refractivity contribution < 1.29 is 14.2 Å². The smallest absolute Gasteiger partial charge is 0.147 e. The van der Waals surface area contributed by atoms with Gasteiger partial charge in [-0.1, -0.05) is 18.2 Å². The number of nitrogens with zero attached hydrogens (tertiary/aromatic N) is 4.